The quantitative estimate of drug-likeness (QED) is 0.586. The van der Waals surface area contributed by atoms with Crippen LogP contribution in [0.3, 0.4) is 0 Å². The highest BCUT2D eigenvalue weighted by Gasteiger charge is 2.17. The van der Waals surface area contributed by atoms with E-state index >= 15 is 0 Å². The molecule has 0 aromatic carbocycles. The van der Waals surface area contributed by atoms with Crippen LogP contribution in [0, 0.1) is 0 Å². The van der Waals surface area contributed by atoms with Crippen LogP contribution in [-0.4, -0.2) is 50.5 Å². The summed E-state index contributed by atoms with van der Waals surface area (Å²) >= 11 is 0. The summed E-state index contributed by atoms with van der Waals surface area (Å²) in [4.78, 5) is 12.6. The smallest absolute Gasteiger partial charge is 0.409 e. The summed E-state index contributed by atoms with van der Waals surface area (Å²) < 4.78 is 9.69. The van der Waals surface area contributed by atoms with Gasteiger partial charge in [0.25, 0.3) is 0 Å². The van der Waals surface area contributed by atoms with Crippen molar-refractivity contribution in [2.75, 3.05) is 39.5 Å². The molecule has 1 aliphatic heterocycles. The fourth-order valence-electron chi connectivity index (χ4n) is 0.966. The molecule has 1 radical (unpaired) electrons. The van der Waals surface area contributed by atoms with E-state index in [1.165, 1.54) is 0 Å². The van der Waals surface area contributed by atoms with Gasteiger partial charge in [0.15, 0.2) is 0 Å². The molecule has 0 bridgehead atoms. The van der Waals surface area contributed by atoms with Crippen molar-refractivity contribution in [1.29, 1.82) is 0 Å². The Bertz CT molecular complexity index is 144. The van der Waals surface area contributed by atoms with Crippen LogP contribution < -0.4 is 0 Å². The molecule has 5 nitrogen and oxygen atoms in total. The number of carbonyl (C=O) groups is 1. The van der Waals surface area contributed by atoms with Gasteiger partial charge in [-0.05, 0) is 0 Å². The first-order valence-corrected chi connectivity index (χ1v) is 3.92. The van der Waals surface area contributed by atoms with E-state index in [-0.39, 0.29) is 13.2 Å². The van der Waals surface area contributed by atoms with Crippen LogP contribution in [0.1, 0.15) is 0 Å². The highest BCUT2D eigenvalue weighted by Crippen LogP contribution is 1.99. The fourth-order valence-corrected chi connectivity index (χ4v) is 0.966. The lowest BCUT2D eigenvalue weighted by Crippen LogP contribution is -2.41. The topological polar surface area (TPSA) is 58.7 Å². The van der Waals surface area contributed by atoms with Crippen LogP contribution in [0.15, 0.2) is 0 Å². The number of hydrogen-bond donors (Lipinski definition) is 0. The Kier molecular flexibility index (Phi) is 3.83. The summed E-state index contributed by atoms with van der Waals surface area (Å²) in [6, 6.07) is 0. The van der Waals surface area contributed by atoms with E-state index in [0.29, 0.717) is 26.3 Å². The van der Waals surface area contributed by atoms with Gasteiger partial charge in [0.2, 0.25) is 0 Å². The molecular formula is C7H12NO4. The van der Waals surface area contributed by atoms with E-state index in [1.54, 1.807) is 4.90 Å². The zero-order chi connectivity index (χ0) is 8.81. The first-order chi connectivity index (χ1) is 5.84. The molecule has 0 aromatic heterocycles. The molecule has 1 rings (SSSR count). The number of ether oxygens (including phenoxy) is 2. The maximum absolute atomic E-state index is 11.1. The average Bonchev–Trinajstić information content (AvgIpc) is 2.15. The average molecular weight is 174 g/mol. The van der Waals surface area contributed by atoms with E-state index < -0.39 is 6.09 Å². The third-order valence-corrected chi connectivity index (χ3v) is 1.58. The van der Waals surface area contributed by atoms with Gasteiger partial charge in [0.05, 0.1) is 13.2 Å². The monoisotopic (exact) mass is 174 g/mol. The maximum atomic E-state index is 11.1. The lowest BCUT2D eigenvalue weighted by Gasteiger charge is -2.25. The van der Waals surface area contributed by atoms with Gasteiger partial charge in [0.1, 0.15) is 13.2 Å². The third-order valence-electron chi connectivity index (χ3n) is 1.58. The zero-order valence-corrected chi connectivity index (χ0v) is 6.82. The second-order valence-corrected chi connectivity index (χ2v) is 2.42. The van der Waals surface area contributed by atoms with Gasteiger partial charge in [-0.1, -0.05) is 0 Å². The SMILES string of the molecule is [O]CCOC(=O)N1CCOCC1. The van der Waals surface area contributed by atoms with E-state index in [9.17, 15) is 9.90 Å². The van der Waals surface area contributed by atoms with E-state index in [0.717, 1.165) is 0 Å². The van der Waals surface area contributed by atoms with Crippen molar-refractivity contribution in [2.45, 2.75) is 0 Å². The molecule has 5 heteroatoms. The first-order valence-electron chi connectivity index (χ1n) is 3.92. The van der Waals surface area contributed by atoms with Gasteiger partial charge in [-0.15, -0.1) is 0 Å². The highest BCUT2D eigenvalue weighted by atomic mass is 16.6. The van der Waals surface area contributed by atoms with Crippen LogP contribution in [0.5, 0.6) is 0 Å². The molecule has 1 saturated heterocycles. The summed E-state index contributed by atoms with van der Waals surface area (Å²) in [6.45, 7) is 1.78. The molecule has 1 heterocycles. The van der Waals surface area contributed by atoms with Crippen LogP contribution in [0.25, 0.3) is 0 Å². The predicted octanol–water partition coefficient (Wildman–Crippen LogP) is -0.114. The molecule has 1 fully saturated rings. The summed E-state index contributed by atoms with van der Waals surface area (Å²) in [5, 5.41) is 10.00. The Morgan fingerprint density at radius 1 is 1.42 bits per heavy atom. The molecule has 0 aliphatic carbocycles. The van der Waals surface area contributed by atoms with E-state index in [1.807, 2.05) is 0 Å². The minimum Gasteiger partial charge on any atom is -0.447 e. The molecule has 69 valence electrons. The normalized spacial score (nSPS) is 17.6. The van der Waals surface area contributed by atoms with Crippen molar-refractivity contribution in [3.63, 3.8) is 0 Å². The largest absolute Gasteiger partial charge is 0.447 e. The Hall–Kier alpha value is -0.810. The minimum absolute atomic E-state index is 0.0454. The molecule has 0 saturated carbocycles. The number of rotatable bonds is 2. The molecule has 0 spiro atoms. The fraction of sp³-hybridized carbons (Fsp3) is 0.857. The standard InChI is InChI=1S/C7H12NO4/c9-3-6-12-7(10)8-1-4-11-5-2-8/h1-6H2. The molecule has 0 aromatic rings. The number of hydrogen-bond acceptors (Lipinski definition) is 3. The Balaban J connectivity index is 2.20. The second-order valence-electron chi connectivity index (χ2n) is 2.42. The number of morpholine rings is 1. The molecule has 0 atom stereocenters. The second kappa shape index (κ2) is 4.95. The van der Waals surface area contributed by atoms with Gasteiger partial charge in [-0.25, -0.2) is 9.90 Å². The van der Waals surface area contributed by atoms with Gasteiger partial charge < -0.3 is 14.4 Å². The maximum Gasteiger partial charge on any atom is 0.409 e. The molecular weight excluding hydrogens is 162 g/mol. The Morgan fingerprint density at radius 3 is 2.67 bits per heavy atom. The van der Waals surface area contributed by atoms with Gasteiger partial charge in [-0.3, -0.25) is 0 Å². The third kappa shape index (κ3) is 2.67. The molecule has 12 heavy (non-hydrogen) atoms. The predicted molar refractivity (Wildman–Crippen MR) is 39.3 cm³/mol. The van der Waals surface area contributed by atoms with Crippen molar-refractivity contribution < 1.29 is 19.4 Å². The lowest BCUT2D eigenvalue weighted by atomic mass is 10.5. The highest BCUT2D eigenvalue weighted by molar-refractivity contribution is 5.67. The van der Waals surface area contributed by atoms with E-state index in [4.69, 9.17) is 4.74 Å². The van der Waals surface area contributed by atoms with Crippen LogP contribution in [-0.2, 0) is 14.6 Å². The zero-order valence-electron chi connectivity index (χ0n) is 6.82. The summed E-state index contributed by atoms with van der Waals surface area (Å²) in [7, 11) is 0. The summed E-state index contributed by atoms with van der Waals surface area (Å²) in [6.07, 6.45) is -0.408. The van der Waals surface area contributed by atoms with Crippen LogP contribution in [0.4, 0.5) is 4.79 Å². The molecule has 0 N–H and O–H groups in total. The van der Waals surface area contributed by atoms with Crippen molar-refractivity contribution in [3.05, 3.63) is 0 Å². The molecule has 1 aliphatic rings. The summed E-state index contributed by atoms with van der Waals surface area (Å²) in [5.74, 6) is 0. The number of amides is 1. The number of nitrogens with zero attached hydrogens (tertiary/aromatic N) is 1. The molecule has 1 amide bonds. The van der Waals surface area contributed by atoms with Gasteiger partial charge in [0, 0.05) is 13.1 Å². The van der Waals surface area contributed by atoms with Crippen molar-refractivity contribution in [1.82, 2.24) is 4.90 Å². The lowest BCUT2D eigenvalue weighted by molar-refractivity contribution is 0.0187. The molecule has 0 unspecified atom stereocenters. The van der Waals surface area contributed by atoms with E-state index in [2.05, 4.69) is 4.74 Å². The van der Waals surface area contributed by atoms with Gasteiger partial charge >= 0.3 is 6.09 Å². The van der Waals surface area contributed by atoms with Crippen molar-refractivity contribution >= 4 is 6.09 Å². The first kappa shape index (κ1) is 9.28. The Labute approximate surface area is 70.9 Å². The van der Waals surface area contributed by atoms with Crippen molar-refractivity contribution in [3.8, 4) is 0 Å². The van der Waals surface area contributed by atoms with Crippen LogP contribution in [0.2, 0.25) is 0 Å². The minimum atomic E-state index is -0.408. The number of carbonyl (C=O) groups excluding carboxylic acids is 1. The Morgan fingerprint density at radius 2 is 2.08 bits per heavy atom. The van der Waals surface area contributed by atoms with Gasteiger partial charge in [-0.2, -0.15) is 0 Å². The van der Waals surface area contributed by atoms with Crippen molar-refractivity contribution in [2.24, 2.45) is 0 Å². The van der Waals surface area contributed by atoms with Crippen LogP contribution >= 0.6 is 0 Å². The summed E-state index contributed by atoms with van der Waals surface area (Å²) in [5.41, 5.74) is 0.